The van der Waals surface area contributed by atoms with Crippen LogP contribution in [-0.4, -0.2) is 38.3 Å². The van der Waals surface area contributed by atoms with Crippen LogP contribution in [0.2, 0.25) is 0 Å². The summed E-state index contributed by atoms with van der Waals surface area (Å²) < 4.78 is 5.30. The van der Waals surface area contributed by atoms with Crippen LogP contribution in [0, 0.1) is 0 Å². The molecule has 16 heavy (non-hydrogen) atoms. The van der Waals surface area contributed by atoms with Crippen LogP contribution in [0.15, 0.2) is 24.8 Å². The first-order valence-electron chi connectivity index (χ1n) is 5.42. The summed E-state index contributed by atoms with van der Waals surface area (Å²) in [5.74, 6) is -0.0280. The summed E-state index contributed by atoms with van der Waals surface area (Å²) in [7, 11) is 0. The van der Waals surface area contributed by atoms with Crippen LogP contribution in [0.5, 0.6) is 0 Å². The number of carbonyl (C=O) groups excluding carboxylic acids is 1. The summed E-state index contributed by atoms with van der Waals surface area (Å²) in [5.41, 5.74) is 0.997. The Balaban J connectivity index is 3.49. The fraction of sp³-hybridized carbons (Fsp3) is 0.583. The average molecular weight is 226 g/mol. The Morgan fingerprint density at radius 2 is 2.25 bits per heavy atom. The topological polar surface area (TPSA) is 50.4 Å². The summed E-state index contributed by atoms with van der Waals surface area (Å²) in [4.78, 5) is 11.4. The molecule has 1 amide bonds. The van der Waals surface area contributed by atoms with Crippen LogP contribution >= 0.6 is 0 Å². The van der Waals surface area contributed by atoms with E-state index < -0.39 is 0 Å². The summed E-state index contributed by atoms with van der Waals surface area (Å²) in [6, 6.07) is -0.214. The zero-order chi connectivity index (χ0) is 12.4. The van der Waals surface area contributed by atoms with Crippen molar-refractivity contribution in [3.05, 3.63) is 24.8 Å². The molecule has 0 aromatic heterocycles. The highest BCUT2D eigenvalue weighted by Crippen LogP contribution is 1.87. The lowest BCUT2D eigenvalue weighted by molar-refractivity contribution is -0.122. The van der Waals surface area contributed by atoms with Gasteiger partial charge < -0.3 is 15.4 Å². The minimum atomic E-state index is -0.214. The second-order valence-electron chi connectivity index (χ2n) is 3.72. The zero-order valence-electron chi connectivity index (χ0n) is 10.2. The molecule has 0 aromatic carbocycles. The maximum Gasteiger partial charge on any atom is 0.237 e. The van der Waals surface area contributed by atoms with Crippen LogP contribution < -0.4 is 10.6 Å². The number of amides is 1. The lowest BCUT2D eigenvalue weighted by atomic mass is 10.3. The Morgan fingerprint density at radius 1 is 1.56 bits per heavy atom. The summed E-state index contributed by atoms with van der Waals surface area (Å²) in [6.45, 7) is 13.3. The molecule has 0 aromatic rings. The molecule has 0 aliphatic heterocycles. The molecule has 0 aliphatic carbocycles. The van der Waals surface area contributed by atoms with E-state index in [1.54, 1.807) is 6.08 Å². The maximum absolute atomic E-state index is 11.4. The van der Waals surface area contributed by atoms with E-state index in [-0.39, 0.29) is 11.9 Å². The molecule has 0 aliphatic rings. The first-order chi connectivity index (χ1) is 7.57. The van der Waals surface area contributed by atoms with Crippen LogP contribution in [-0.2, 0) is 9.53 Å². The van der Waals surface area contributed by atoms with Crippen molar-refractivity contribution in [1.29, 1.82) is 0 Å². The number of nitrogens with one attached hydrogen (secondary N) is 2. The van der Waals surface area contributed by atoms with Crippen molar-refractivity contribution in [2.75, 3.05) is 26.3 Å². The smallest absolute Gasteiger partial charge is 0.237 e. The van der Waals surface area contributed by atoms with Crippen molar-refractivity contribution in [3.8, 4) is 0 Å². The van der Waals surface area contributed by atoms with Gasteiger partial charge in [0.2, 0.25) is 5.91 Å². The third-order valence-corrected chi connectivity index (χ3v) is 1.86. The molecule has 0 rings (SSSR count). The van der Waals surface area contributed by atoms with Gasteiger partial charge in [-0.25, -0.2) is 0 Å². The van der Waals surface area contributed by atoms with Crippen LogP contribution in [0.4, 0.5) is 0 Å². The Labute approximate surface area is 97.7 Å². The molecule has 0 radical (unpaired) electrons. The van der Waals surface area contributed by atoms with Crippen molar-refractivity contribution >= 4 is 5.91 Å². The van der Waals surface area contributed by atoms with Crippen LogP contribution in [0.1, 0.15) is 13.8 Å². The largest absolute Gasteiger partial charge is 0.376 e. The molecule has 0 heterocycles. The molecular formula is C12H22N2O2. The second-order valence-corrected chi connectivity index (χ2v) is 3.72. The standard InChI is InChI=1S/C12H22N2O2/c1-5-6-14-12(15)11(4)13-7-8-16-9-10(2)3/h5,11,13H,1-2,6-9H2,3-4H3,(H,14,15). The molecule has 4 heteroatoms. The quantitative estimate of drug-likeness (QED) is 0.453. The number of ether oxygens (including phenoxy) is 1. The zero-order valence-corrected chi connectivity index (χ0v) is 10.2. The predicted octanol–water partition coefficient (Wildman–Crippen LogP) is 0.859. The minimum absolute atomic E-state index is 0.0280. The van der Waals surface area contributed by atoms with Gasteiger partial charge in [-0.15, -0.1) is 6.58 Å². The molecule has 0 saturated heterocycles. The normalized spacial score (nSPS) is 11.9. The molecule has 0 spiro atoms. The van der Waals surface area contributed by atoms with E-state index in [4.69, 9.17) is 4.74 Å². The summed E-state index contributed by atoms with van der Waals surface area (Å²) in [6.07, 6.45) is 1.65. The van der Waals surface area contributed by atoms with Gasteiger partial charge >= 0.3 is 0 Å². The van der Waals surface area contributed by atoms with Crippen molar-refractivity contribution < 1.29 is 9.53 Å². The first-order valence-corrected chi connectivity index (χ1v) is 5.42. The summed E-state index contributed by atoms with van der Waals surface area (Å²) >= 11 is 0. The third kappa shape index (κ3) is 8.20. The number of rotatable bonds is 9. The Hall–Kier alpha value is -1.13. The fourth-order valence-corrected chi connectivity index (χ4v) is 1.01. The Bertz CT molecular complexity index is 239. The first kappa shape index (κ1) is 14.9. The highest BCUT2D eigenvalue weighted by molar-refractivity contribution is 5.81. The van der Waals surface area contributed by atoms with Gasteiger partial charge in [0.05, 0.1) is 19.3 Å². The lowest BCUT2D eigenvalue weighted by Crippen LogP contribution is -2.43. The maximum atomic E-state index is 11.4. The Morgan fingerprint density at radius 3 is 2.81 bits per heavy atom. The molecule has 0 bridgehead atoms. The number of carbonyl (C=O) groups is 1. The van der Waals surface area contributed by atoms with Crippen molar-refractivity contribution in [3.63, 3.8) is 0 Å². The monoisotopic (exact) mass is 226 g/mol. The van der Waals surface area contributed by atoms with Crippen molar-refractivity contribution in [2.24, 2.45) is 0 Å². The molecule has 0 saturated carbocycles. The molecular weight excluding hydrogens is 204 g/mol. The van der Waals surface area contributed by atoms with Crippen LogP contribution in [0.25, 0.3) is 0 Å². The predicted molar refractivity (Wildman–Crippen MR) is 66.3 cm³/mol. The van der Waals surface area contributed by atoms with Gasteiger partial charge in [0, 0.05) is 13.1 Å². The van der Waals surface area contributed by atoms with E-state index in [1.165, 1.54) is 0 Å². The number of hydrogen-bond acceptors (Lipinski definition) is 3. The van der Waals surface area contributed by atoms with E-state index in [0.717, 1.165) is 5.57 Å². The highest BCUT2D eigenvalue weighted by Gasteiger charge is 2.09. The third-order valence-electron chi connectivity index (χ3n) is 1.86. The van der Waals surface area contributed by atoms with Crippen LogP contribution in [0.3, 0.4) is 0 Å². The van der Waals surface area contributed by atoms with Gasteiger partial charge in [-0.2, -0.15) is 0 Å². The van der Waals surface area contributed by atoms with Crippen molar-refractivity contribution in [2.45, 2.75) is 19.9 Å². The highest BCUT2D eigenvalue weighted by atomic mass is 16.5. The molecule has 1 unspecified atom stereocenters. The molecule has 4 nitrogen and oxygen atoms in total. The summed E-state index contributed by atoms with van der Waals surface area (Å²) in [5, 5.41) is 5.78. The fourth-order valence-electron chi connectivity index (χ4n) is 1.01. The van der Waals surface area contributed by atoms with Gasteiger partial charge in [0.15, 0.2) is 0 Å². The van der Waals surface area contributed by atoms with Gasteiger partial charge in [0.1, 0.15) is 0 Å². The van der Waals surface area contributed by atoms with E-state index in [0.29, 0.717) is 26.3 Å². The second kappa shape index (κ2) is 9.12. The number of hydrogen-bond donors (Lipinski definition) is 2. The molecule has 92 valence electrons. The average Bonchev–Trinajstić information content (AvgIpc) is 2.24. The minimum Gasteiger partial charge on any atom is -0.376 e. The van der Waals surface area contributed by atoms with E-state index in [9.17, 15) is 4.79 Å². The van der Waals surface area contributed by atoms with Gasteiger partial charge in [0.25, 0.3) is 0 Å². The van der Waals surface area contributed by atoms with E-state index in [2.05, 4.69) is 23.8 Å². The molecule has 2 N–H and O–H groups in total. The van der Waals surface area contributed by atoms with Crippen molar-refractivity contribution in [1.82, 2.24) is 10.6 Å². The Kier molecular flexibility index (Phi) is 8.48. The van der Waals surface area contributed by atoms with Gasteiger partial charge in [-0.05, 0) is 13.8 Å². The molecule has 1 atom stereocenters. The van der Waals surface area contributed by atoms with Gasteiger partial charge in [-0.1, -0.05) is 18.2 Å². The van der Waals surface area contributed by atoms with E-state index in [1.807, 2.05) is 13.8 Å². The van der Waals surface area contributed by atoms with Gasteiger partial charge in [-0.3, -0.25) is 4.79 Å². The SMILES string of the molecule is C=CCNC(=O)C(C)NCCOCC(=C)C. The lowest BCUT2D eigenvalue weighted by Gasteiger charge is -2.13. The molecule has 0 fully saturated rings. The van der Waals surface area contributed by atoms with E-state index >= 15 is 0 Å².